The van der Waals surface area contributed by atoms with Crippen LogP contribution in [0.5, 0.6) is 0 Å². The summed E-state index contributed by atoms with van der Waals surface area (Å²) >= 11 is 1.52. The molecule has 1 amide bonds. The van der Waals surface area contributed by atoms with Gasteiger partial charge in [-0.15, -0.1) is 11.3 Å². The molecule has 0 saturated carbocycles. The molecule has 23 heavy (non-hydrogen) atoms. The molecule has 1 aliphatic rings. The van der Waals surface area contributed by atoms with E-state index < -0.39 is 0 Å². The Balaban J connectivity index is 1.86. The van der Waals surface area contributed by atoms with Crippen LogP contribution in [0.4, 0.5) is 10.2 Å². The Morgan fingerprint density at radius 1 is 1.22 bits per heavy atom. The van der Waals surface area contributed by atoms with Crippen molar-refractivity contribution in [3.8, 4) is 11.1 Å². The number of piperazine rings is 1. The third-order valence-corrected chi connectivity index (χ3v) is 4.73. The van der Waals surface area contributed by atoms with Crippen LogP contribution in [0, 0.1) is 5.82 Å². The number of halogens is 1. The number of carbonyl (C=O) groups is 1. The number of hydrogen-bond donors (Lipinski definition) is 1. The van der Waals surface area contributed by atoms with Gasteiger partial charge in [0.15, 0.2) is 0 Å². The van der Waals surface area contributed by atoms with Gasteiger partial charge in [0.25, 0.3) is 0 Å². The average molecular weight is 328 g/mol. The van der Waals surface area contributed by atoms with Crippen molar-refractivity contribution in [3.05, 3.63) is 41.8 Å². The van der Waals surface area contributed by atoms with Gasteiger partial charge in [0.1, 0.15) is 22.8 Å². The lowest BCUT2D eigenvalue weighted by Gasteiger charge is -2.28. The van der Waals surface area contributed by atoms with Crippen LogP contribution in [0.2, 0.25) is 0 Å². The average Bonchev–Trinajstić information content (AvgIpc) is 3.00. The molecule has 1 N–H and O–H groups in total. The Morgan fingerprint density at radius 3 is 2.83 bits per heavy atom. The molecule has 0 atom stereocenters. The maximum atomic E-state index is 13.2. The summed E-state index contributed by atoms with van der Waals surface area (Å²) in [6.07, 6.45) is 1.52. The monoisotopic (exact) mass is 328 g/mol. The molecule has 3 aromatic rings. The second-order valence-electron chi connectivity index (χ2n) is 5.31. The van der Waals surface area contributed by atoms with E-state index in [2.05, 4.69) is 15.3 Å². The Hall–Kier alpha value is -2.54. The topological polar surface area (TPSA) is 58.1 Å². The highest BCUT2D eigenvalue weighted by atomic mass is 32.1. The van der Waals surface area contributed by atoms with Crippen LogP contribution in [0.3, 0.4) is 0 Å². The highest BCUT2D eigenvalue weighted by Crippen LogP contribution is 2.37. The Kier molecular flexibility index (Phi) is 3.42. The molecule has 0 radical (unpaired) electrons. The predicted molar refractivity (Wildman–Crippen MR) is 88.0 cm³/mol. The lowest BCUT2D eigenvalue weighted by Crippen LogP contribution is -2.48. The van der Waals surface area contributed by atoms with E-state index in [0.29, 0.717) is 13.1 Å². The van der Waals surface area contributed by atoms with Gasteiger partial charge in [0.2, 0.25) is 5.91 Å². The predicted octanol–water partition coefficient (Wildman–Crippen LogP) is 2.43. The van der Waals surface area contributed by atoms with Crippen molar-refractivity contribution in [1.29, 1.82) is 0 Å². The van der Waals surface area contributed by atoms with E-state index in [-0.39, 0.29) is 18.3 Å². The van der Waals surface area contributed by atoms with Crippen LogP contribution in [0.1, 0.15) is 0 Å². The minimum atomic E-state index is -0.266. The van der Waals surface area contributed by atoms with Crippen molar-refractivity contribution in [1.82, 2.24) is 15.3 Å². The molecule has 1 aromatic carbocycles. The first-order valence-electron chi connectivity index (χ1n) is 7.22. The lowest BCUT2D eigenvalue weighted by atomic mass is 10.1. The highest BCUT2D eigenvalue weighted by molar-refractivity contribution is 7.17. The maximum absolute atomic E-state index is 13.2. The summed E-state index contributed by atoms with van der Waals surface area (Å²) in [6, 6.07) is 6.38. The van der Waals surface area contributed by atoms with Gasteiger partial charge in [-0.05, 0) is 17.7 Å². The van der Waals surface area contributed by atoms with Crippen molar-refractivity contribution in [2.75, 3.05) is 24.5 Å². The summed E-state index contributed by atoms with van der Waals surface area (Å²) in [5, 5.41) is 5.73. The molecule has 4 rings (SSSR count). The van der Waals surface area contributed by atoms with E-state index in [9.17, 15) is 9.18 Å². The van der Waals surface area contributed by atoms with Gasteiger partial charge in [-0.2, -0.15) is 0 Å². The highest BCUT2D eigenvalue weighted by Gasteiger charge is 2.22. The fraction of sp³-hybridized carbons (Fsp3) is 0.188. The number of nitrogens with zero attached hydrogens (tertiary/aromatic N) is 3. The van der Waals surface area contributed by atoms with E-state index in [4.69, 9.17) is 0 Å². The number of fused-ring (bicyclic) bond motifs is 1. The molecule has 3 heterocycles. The fourth-order valence-corrected chi connectivity index (χ4v) is 3.67. The minimum Gasteiger partial charge on any atom is -0.353 e. The number of aromatic nitrogens is 2. The van der Waals surface area contributed by atoms with Crippen LogP contribution in [0.25, 0.3) is 21.3 Å². The maximum Gasteiger partial charge on any atom is 0.239 e. The van der Waals surface area contributed by atoms with Crippen molar-refractivity contribution in [2.45, 2.75) is 0 Å². The van der Waals surface area contributed by atoms with Gasteiger partial charge in [-0.3, -0.25) is 4.79 Å². The molecule has 1 saturated heterocycles. The van der Waals surface area contributed by atoms with E-state index in [0.717, 1.165) is 27.2 Å². The Bertz CT molecular complexity index is 877. The molecule has 7 heteroatoms. The summed E-state index contributed by atoms with van der Waals surface area (Å²) in [5.74, 6) is 0.476. The smallest absolute Gasteiger partial charge is 0.239 e. The van der Waals surface area contributed by atoms with Gasteiger partial charge < -0.3 is 10.2 Å². The molecule has 116 valence electrons. The SMILES string of the molecule is O=C1CN(c2ncnc3scc(-c4ccc(F)cc4)c23)CCN1. The standard InChI is InChI=1S/C16H13FN4OS/c17-11-3-1-10(2-4-11)12-8-23-16-14(12)15(19-9-20-16)21-6-5-18-13(22)7-21/h1-4,8-9H,5-7H2,(H,18,22). The molecule has 1 aliphatic heterocycles. The third-order valence-electron chi connectivity index (χ3n) is 3.84. The Morgan fingerprint density at radius 2 is 2.04 bits per heavy atom. The first kappa shape index (κ1) is 14.1. The van der Waals surface area contributed by atoms with Gasteiger partial charge in [-0.25, -0.2) is 14.4 Å². The van der Waals surface area contributed by atoms with Crippen LogP contribution in [-0.4, -0.2) is 35.5 Å². The fourth-order valence-electron chi connectivity index (χ4n) is 2.76. The van der Waals surface area contributed by atoms with E-state index in [1.54, 1.807) is 12.1 Å². The molecule has 0 aliphatic carbocycles. The number of amides is 1. The molecule has 0 unspecified atom stereocenters. The molecule has 5 nitrogen and oxygen atoms in total. The van der Waals surface area contributed by atoms with Crippen molar-refractivity contribution in [2.24, 2.45) is 0 Å². The van der Waals surface area contributed by atoms with Crippen molar-refractivity contribution in [3.63, 3.8) is 0 Å². The van der Waals surface area contributed by atoms with Crippen molar-refractivity contribution < 1.29 is 9.18 Å². The summed E-state index contributed by atoms with van der Waals surface area (Å²) in [6.45, 7) is 1.59. The Labute approximate surface area is 135 Å². The summed E-state index contributed by atoms with van der Waals surface area (Å²) in [4.78, 5) is 23.2. The minimum absolute atomic E-state index is 0.0124. The zero-order valence-corrected chi connectivity index (χ0v) is 12.9. The third kappa shape index (κ3) is 2.53. The van der Waals surface area contributed by atoms with E-state index >= 15 is 0 Å². The van der Waals surface area contributed by atoms with Gasteiger partial charge in [-0.1, -0.05) is 12.1 Å². The molecular formula is C16H13FN4OS. The first-order chi connectivity index (χ1) is 11.2. The normalized spacial score (nSPS) is 15.0. The summed E-state index contributed by atoms with van der Waals surface area (Å²) in [5.41, 5.74) is 1.88. The molecular weight excluding hydrogens is 315 g/mol. The number of thiophene rings is 1. The molecule has 1 fully saturated rings. The molecule has 0 bridgehead atoms. The van der Waals surface area contributed by atoms with Crippen LogP contribution in [0.15, 0.2) is 36.0 Å². The zero-order chi connectivity index (χ0) is 15.8. The molecule has 2 aromatic heterocycles. The van der Waals surface area contributed by atoms with Crippen LogP contribution < -0.4 is 10.2 Å². The number of nitrogens with one attached hydrogen (secondary N) is 1. The number of anilines is 1. The second kappa shape index (κ2) is 5.58. The number of hydrogen-bond acceptors (Lipinski definition) is 5. The number of benzene rings is 1. The zero-order valence-electron chi connectivity index (χ0n) is 12.1. The van der Waals surface area contributed by atoms with E-state index in [1.807, 2.05) is 10.3 Å². The van der Waals surface area contributed by atoms with E-state index in [1.165, 1.54) is 29.8 Å². The number of carbonyl (C=O) groups excluding carboxylic acids is 1. The number of rotatable bonds is 2. The quantitative estimate of drug-likeness (QED) is 0.785. The lowest BCUT2D eigenvalue weighted by molar-refractivity contribution is -0.120. The first-order valence-corrected chi connectivity index (χ1v) is 8.10. The second-order valence-corrected chi connectivity index (χ2v) is 6.16. The van der Waals surface area contributed by atoms with Gasteiger partial charge >= 0.3 is 0 Å². The van der Waals surface area contributed by atoms with Gasteiger partial charge in [0, 0.05) is 24.0 Å². The van der Waals surface area contributed by atoms with Crippen LogP contribution >= 0.6 is 11.3 Å². The summed E-state index contributed by atoms with van der Waals surface area (Å²) < 4.78 is 13.2. The molecule has 0 spiro atoms. The van der Waals surface area contributed by atoms with Gasteiger partial charge in [0.05, 0.1) is 11.9 Å². The largest absolute Gasteiger partial charge is 0.353 e. The van der Waals surface area contributed by atoms with Crippen LogP contribution in [-0.2, 0) is 4.79 Å². The van der Waals surface area contributed by atoms with Crippen molar-refractivity contribution >= 4 is 33.3 Å². The summed E-state index contributed by atoms with van der Waals surface area (Å²) in [7, 11) is 0.